The summed E-state index contributed by atoms with van der Waals surface area (Å²) in [6, 6.07) is 9.72. The zero-order valence-electron chi connectivity index (χ0n) is 14.3. The molecule has 6 heteroatoms. The monoisotopic (exact) mass is 346 g/mol. The average Bonchev–Trinajstić information content (AvgIpc) is 3.06. The zero-order valence-corrected chi connectivity index (χ0v) is 14.3. The predicted octanol–water partition coefficient (Wildman–Crippen LogP) is 2.79. The van der Waals surface area contributed by atoms with E-state index in [1.807, 2.05) is 24.3 Å². The lowest BCUT2D eigenvalue weighted by Crippen LogP contribution is -2.23. The zero-order chi connectivity index (χ0) is 17.9. The molecule has 3 aromatic rings. The number of hydrogen-bond donors (Lipinski definition) is 1. The highest BCUT2D eigenvalue weighted by atomic mass is 16.5. The van der Waals surface area contributed by atoms with Gasteiger partial charge in [-0.3, -0.25) is 9.78 Å². The van der Waals surface area contributed by atoms with E-state index in [0.29, 0.717) is 17.9 Å². The van der Waals surface area contributed by atoms with Crippen LogP contribution in [-0.4, -0.2) is 27.0 Å². The Kier molecular flexibility index (Phi) is 4.31. The first-order valence-corrected chi connectivity index (χ1v) is 8.48. The van der Waals surface area contributed by atoms with Crippen molar-refractivity contribution in [2.45, 2.75) is 26.0 Å². The molecule has 130 valence electrons. The number of hydrogen-bond acceptors (Lipinski definition) is 5. The number of fused-ring (bicyclic) bond motifs is 1. The third-order valence-electron chi connectivity index (χ3n) is 4.25. The fourth-order valence-corrected chi connectivity index (χ4v) is 2.96. The summed E-state index contributed by atoms with van der Waals surface area (Å²) in [4.78, 5) is 24.9. The van der Waals surface area contributed by atoms with E-state index in [9.17, 15) is 4.79 Å². The second-order valence-electron chi connectivity index (χ2n) is 6.29. The van der Waals surface area contributed by atoms with E-state index in [0.717, 1.165) is 23.3 Å². The molecule has 0 aliphatic carbocycles. The van der Waals surface area contributed by atoms with Crippen LogP contribution in [0.4, 0.5) is 0 Å². The molecule has 0 bridgehead atoms. The Balaban J connectivity index is 1.40. The highest BCUT2D eigenvalue weighted by molar-refractivity contribution is 5.93. The van der Waals surface area contributed by atoms with Gasteiger partial charge in [-0.2, -0.15) is 0 Å². The highest BCUT2D eigenvalue weighted by Crippen LogP contribution is 2.29. The quantitative estimate of drug-likeness (QED) is 0.786. The van der Waals surface area contributed by atoms with Crippen LogP contribution in [0.15, 0.2) is 55.1 Å². The van der Waals surface area contributed by atoms with Gasteiger partial charge in [-0.25, -0.2) is 9.97 Å². The lowest BCUT2D eigenvalue weighted by atomic mass is 10.1. The fraction of sp³-hybridized carbons (Fsp3) is 0.200. The second-order valence-corrected chi connectivity index (χ2v) is 6.29. The maximum absolute atomic E-state index is 12.3. The van der Waals surface area contributed by atoms with Crippen LogP contribution < -0.4 is 10.1 Å². The van der Waals surface area contributed by atoms with E-state index < -0.39 is 0 Å². The van der Waals surface area contributed by atoms with Crippen molar-refractivity contribution in [3.8, 4) is 17.1 Å². The van der Waals surface area contributed by atoms with Crippen LogP contribution in [0.1, 0.15) is 28.4 Å². The summed E-state index contributed by atoms with van der Waals surface area (Å²) in [6.07, 6.45) is 7.56. The molecule has 3 heterocycles. The molecule has 1 aromatic carbocycles. The van der Waals surface area contributed by atoms with E-state index in [2.05, 4.69) is 33.3 Å². The van der Waals surface area contributed by atoms with Crippen LogP contribution in [0.3, 0.4) is 0 Å². The molecule has 0 radical (unpaired) electrons. The molecule has 1 aliphatic rings. The van der Waals surface area contributed by atoms with Crippen LogP contribution in [0.25, 0.3) is 11.4 Å². The van der Waals surface area contributed by atoms with Crippen molar-refractivity contribution in [1.29, 1.82) is 0 Å². The number of nitrogens with one attached hydrogen (secondary N) is 1. The van der Waals surface area contributed by atoms with Crippen molar-refractivity contribution in [2.24, 2.45) is 0 Å². The Morgan fingerprint density at radius 3 is 2.85 bits per heavy atom. The third kappa shape index (κ3) is 3.39. The Labute approximate surface area is 151 Å². The molecule has 0 fully saturated rings. The molecule has 1 atom stereocenters. The Morgan fingerprint density at radius 2 is 2.08 bits per heavy atom. The summed E-state index contributed by atoms with van der Waals surface area (Å²) in [5.74, 6) is 1.28. The molecule has 0 spiro atoms. The lowest BCUT2D eigenvalue weighted by molar-refractivity contribution is 0.0950. The summed E-state index contributed by atoms with van der Waals surface area (Å²) in [5.41, 5.74) is 3.47. The van der Waals surface area contributed by atoms with Crippen molar-refractivity contribution in [2.75, 3.05) is 0 Å². The fourth-order valence-electron chi connectivity index (χ4n) is 2.96. The van der Waals surface area contributed by atoms with Crippen molar-refractivity contribution >= 4 is 5.91 Å². The maximum Gasteiger partial charge on any atom is 0.254 e. The first kappa shape index (κ1) is 16.2. The number of aromatic nitrogens is 3. The first-order valence-electron chi connectivity index (χ1n) is 8.48. The number of benzene rings is 1. The van der Waals surface area contributed by atoms with Gasteiger partial charge in [0.2, 0.25) is 0 Å². The van der Waals surface area contributed by atoms with Crippen LogP contribution in [0.2, 0.25) is 0 Å². The summed E-state index contributed by atoms with van der Waals surface area (Å²) >= 11 is 0. The Morgan fingerprint density at radius 1 is 1.23 bits per heavy atom. The Bertz CT molecular complexity index is 926. The molecule has 6 nitrogen and oxygen atoms in total. The molecule has 2 aromatic heterocycles. The number of pyridine rings is 1. The summed E-state index contributed by atoms with van der Waals surface area (Å²) in [5, 5.41) is 2.90. The van der Waals surface area contributed by atoms with E-state index >= 15 is 0 Å². The van der Waals surface area contributed by atoms with Crippen LogP contribution in [-0.2, 0) is 13.0 Å². The van der Waals surface area contributed by atoms with Crippen molar-refractivity contribution in [3.05, 3.63) is 71.8 Å². The number of nitrogens with zero attached hydrogens (tertiary/aromatic N) is 3. The van der Waals surface area contributed by atoms with Crippen LogP contribution in [0.5, 0.6) is 5.75 Å². The topological polar surface area (TPSA) is 77.0 Å². The Hall–Kier alpha value is -3.28. The SMILES string of the molecule is CC1Cc2cc(CNC(=O)c3cnc(-c4cccnc4)nc3)ccc2O1. The van der Waals surface area contributed by atoms with Gasteiger partial charge < -0.3 is 10.1 Å². The van der Waals surface area contributed by atoms with Gasteiger partial charge in [0.15, 0.2) is 5.82 Å². The number of ether oxygens (including phenoxy) is 1. The van der Waals surface area contributed by atoms with Gasteiger partial charge in [-0.15, -0.1) is 0 Å². The van der Waals surface area contributed by atoms with E-state index in [4.69, 9.17) is 4.74 Å². The molecule has 0 saturated heterocycles. The largest absolute Gasteiger partial charge is 0.490 e. The van der Waals surface area contributed by atoms with Crippen molar-refractivity contribution < 1.29 is 9.53 Å². The summed E-state index contributed by atoms with van der Waals surface area (Å²) in [6.45, 7) is 2.50. The predicted molar refractivity (Wildman–Crippen MR) is 96.7 cm³/mol. The van der Waals surface area contributed by atoms with Crippen molar-refractivity contribution in [1.82, 2.24) is 20.3 Å². The van der Waals surface area contributed by atoms with E-state index in [1.54, 1.807) is 12.4 Å². The minimum atomic E-state index is -0.201. The number of carbonyl (C=O) groups excluding carboxylic acids is 1. The molecule has 26 heavy (non-hydrogen) atoms. The van der Waals surface area contributed by atoms with Crippen LogP contribution in [0, 0.1) is 0 Å². The smallest absolute Gasteiger partial charge is 0.254 e. The molecule has 4 rings (SSSR count). The normalized spacial score (nSPS) is 15.2. The molecule has 1 amide bonds. The number of carbonyl (C=O) groups is 1. The van der Waals surface area contributed by atoms with Gasteiger partial charge in [-0.05, 0) is 36.2 Å². The minimum absolute atomic E-state index is 0.201. The first-order chi connectivity index (χ1) is 12.7. The van der Waals surface area contributed by atoms with E-state index in [1.165, 1.54) is 18.0 Å². The average molecular weight is 346 g/mol. The third-order valence-corrected chi connectivity index (χ3v) is 4.25. The molecular formula is C20H18N4O2. The van der Waals surface area contributed by atoms with Gasteiger partial charge in [-0.1, -0.05) is 12.1 Å². The maximum atomic E-state index is 12.3. The molecule has 0 saturated carbocycles. The van der Waals surface area contributed by atoms with Gasteiger partial charge in [0.25, 0.3) is 5.91 Å². The van der Waals surface area contributed by atoms with Gasteiger partial charge in [0, 0.05) is 43.3 Å². The summed E-state index contributed by atoms with van der Waals surface area (Å²) < 4.78 is 5.70. The molecule has 1 unspecified atom stereocenters. The standard InChI is InChI=1S/C20H18N4O2/c1-13-7-16-8-14(4-5-18(16)26-13)9-24-20(25)17-11-22-19(23-12-17)15-3-2-6-21-10-15/h2-6,8,10-13H,7,9H2,1H3,(H,24,25). The molecule has 1 aliphatic heterocycles. The van der Waals surface area contributed by atoms with Crippen LogP contribution >= 0.6 is 0 Å². The molecule has 1 N–H and O–H groups in total. The second kappa shape index (κ2) is 6.92. The van der Waals surface area contributed by atoms with Crippen molar-refractivity contribution in [3.63, 3.8) is 0 Å². The minimum Gasteiger partial charge on any atom is -0.490 e. The van der Waals surface area contributed by atoms with Gasteiger partial charge >= 0.3 is 0 Å². The highest BCUT2D eigenvalue weighted by Gasteiger charge is 2.19. The molecular weight excluding hydrogens is 328 g/mol. The van der Waals surface area contributed by atoms with E-state index in [-0.39, 0.29) is 12.0 Å². The van der Waals surface area contributed by atoms with Gasteiger partial charge in [0.1, 0.15) is 11.9 Å². The number of amides is 1. The lowest BCUT2D eigenvalue weighted by Gasteiger charge is -2.07. The summed E-state index contributed by atoms with van der Waals surface area (Å²) in [7, 11) is 0. The number of rotatable bonds is 4. The van der Waals surface area contributed by atoms with Gasteiger partial charge in [0.05, 0.1) is 5.56 Å².